The zero-order valence-electron chi connectivity index (χ0n) is 10.0. The normalized spacial score (nSPS) is 10.8. The lowest BCUT2D eigenvalue weighted by Crippen LogP contribution is -1.98. The monoisotopic (exact) mass is 275 g/mol. The fourth-order valence-electron chi connectivity index (χ4n) is 1.70. The summed E-state index contributed by atoms with van der Waals surface area (Å²) in [7, 11) is 1.74. The van der Waals surface area contributed by atoms with Crippen LogP contribution in [0.4, 0.5) is 5.82 Å². The standard InChI is InChI=1S/C12H10ClN5O/c1-18-10(14)8(6-15-18)12-16-11(17-19-12)7-4-2-3-5-9(7)13/h2-6H,14H2,1H3. The van der Waals surface area contributed by atoms with Crippen LogP contribution in [-0.2, 0) is 7.05 Å². The molecule has 3 rings (SSSR count). The maximum absolute atomic E-state index is 6.09. The number of nitrogens with zero attached hydrogens (tertiary/aromatic N) is 4. The number of rotatable bonds is 2. The van der Waals surface area contributed by atoms with Crippen LogP contribution in [0, 0.1) is 0 Å². The van der Waals surface area contributed by atoms with Crippen molar-refractivity contribution in [3.63, 3.8) is 0 Å². The molecular weight excluding hydrogens is 266 g/mol. The van der Waals surface area contributed by atoms with Crippen molar-refractivity contribution in [3.8, 4) is 22.8 Å². The van der Waals surface area contributed by atoms with E-state index in [9.17, 15) is 0 Å². The van der Waals surface area contributed by atoms with Crippen LogP contribution < -0.4 is 5.73 Å². The first-order valence-corrected chi connectivity index (χ1v) is 5.91. The van der Waals surface area contributed by atoms with E-state index in [-0.39, 0.29) is 0 Å². The fourth-order valence-corrected chi connectivity index (χ4v) is 1.92. The number of hydrogen-bond donors (Lipinski definition) is 1. The van der Waals surface area contributed by atoms with Gasteiger partial charge in [-0.1, -0.05) is 28.9 Å². The first-order valence-electron chi connectivity index (χ1n) is 5.53. The molecule has 19 heavy (non-hydrogen) atoms. The van der Waals surface area contributed by atoms with E-state index in [0.29, 0.717) is 33.7 Å². The summed E-state index contributed by atoms with van der Waals surface area (Å²) in [5.41, 5.74) is 7.17. The number of anilines is 1. The van der Waals surface area contributed by atoms with Crippen molar-refractivity contribution in [1.29, 1.82) is 0 Å². The second kappa shape index (κ2) is 4.40. The van der Waals surface area contributed by atoms with E-state index in [1.165, 1.54) is 4.68 Å². The third kappa shape index (κ3) is 1.96. The molecule has 0 fully saturated rings. The Kier molecular flexibility index (Phi) is 2.72. The quantitative estimate of drug-likeness (QED) is 0.776. The van der Waals surface area contributed by atoms with Gasteiger partial charge in [0.05, 0.1) is 11.2 Å². The van der Waals surface area contributed by atoms with E-state index < -0.39 is 0 Å². The Morgan fingerprint density at radius 1 is 1.26 bits per heavy atom. The topological polar surface area (TPSA) is 82.8 Å². The van der Waals surface area contributed by atoms with Crippen LogP contribution in [0.1, 0.15) is 0 Å². The summed E-state index contributed by atoms with van der Waals surface area (Å²) in [6, 6.07) is 7.29. The lowest BCUT2D eigenvalue weighted by molar-refractivity contribution is 0.432. The van der Waals surface area contributed by atoms with Crippen LogP contribution in [-0.4, -0.2) is 19.9 Å². The molecular formula is C12H10ClN5O. The molecule has 7 heteroatoms. The molecule has 96 valence electrons. The van der Waals surface area contributed by atoms with E-state index in [1.54, 1.807) is 19.3 Å². The highest BCUT2D eigenvalue weighted by Gasteiger charge is 2.16. The van der Waals surface area contributed by atoms with Crippen molar-refractivity contribution < 1.29 is 4.52 Å². The van der Waals surface area contributed by atoms with Gasteiger partial charge in [0.15, 0.2) is 0 Å². The average molecular weight is 276 g/mol. The van der Waals surface area contributed by atoms with Crippen molar-refractivity contribution in [2.75, 3.05) is 5.73 Å². The van der Waals surface area contributed by atoms with Gasteiger partial charge in [0.1, 0.15) is 11.4 Å². The second-order valence-corrected chi connectivity index (χ2v) is 4.38. The van der Waals surface area contributed by atoms with E-state index in [2.05, 4.69) is 15.2 Å². The van der Waals surface area contributed by atoms with Gasteiger partial charge >= 0.3 is 0 Å². The number of aryl methyl sites for hydroxylation is 1. The van der Waals surface area contributed by atoms with Gasteiger partial charge in [-0.05, 0) is 12.1 Å². The predicted molar refractivity (Wildman–Crippen MR) is 71.4 cm³/mol. The lowest BCUT2D eigenvalue weighted by Gasteiger charge is -1.96. The Labute approximate surface area is 113 Å². The van der Waals surface area contributed by atoms with Crippen molar-refractivity contribution >= 4 is 17.4 Å². The molecule has 3 aromatic rings. The number of halogens is 1. The van der Waals surface area contributed by atoms with Crippen molar-refractivity contribution in [2.24, 2.45) is 7.05 Å². The lowest BCUT2D eigenvalue weighted by atomic mass is 10.2. The van der Waals surface area contributed by atoms with Crippen molar-refractivity contribution in [1.82, 2.24) is 19.9 Å². The van der Waals surface area contributed by atoms with Crippen LogP contribution in [0.3, 0.4) is 0 Å². The number of nitrogens with two attached hydrogens (primary N) is 1. The van der Waals surface area contributed by atoms with Gasteiger partial charge in [-0.15, -0.1) is 0 Å². The van der Waals surface area contributed by atoms with Gasteiger partial charge in [0.2, 0.25) is 5.82 Å². The molecule has 0 aliphatic heterocycles. The predicted octanol–water partition coefficient (Wildman–Crippen LogP) is 2.37. The fraction of sp³-hybridized carbons (Fsp3) is 0.0833. The summed E-state index contributed by atoms with van der Waals surface area (Å²) in [6.45, 7) is 0. The molecule has 0 aliphatic rings. The molecule has 1 aromatic carbocycles. The molecule has 0 unspecified atom stereocenters. The molecule has 0 saturated carbocycles. The van der Waals surface area contributed by atoms with Gasteiger partial charge in [0.25, 0.3) is 5.89 Å². The minimum Gasteiger partial charge on any atom is -0.383 e. The maximum atomic E-state index is 6.09. The summed E-state index contributed by atoms with van der Waals surface area (Å²) in [5, 5.41) is 8.50. The summed E-state index contributed by atoms with van der Waals surface area (Å²) >= 11 is 6.09. The molecule has 0 saturated heterocycles. The Balaban J connectivity index is 2.05. The SMILES string of the molecule is Cn1ncc(-c2nc(-c3ccccc3Cl)no2)c1N. The molecule has 0 amide bonds. The van der Waals surface area contributed by atoms with Gasteiger partial charge in [-0.3, -0.25) is 4.68 Å². The minimum absolute atomic E-state index is 0.320. The van der Waals surface area contributed by atoms with Crippen LogP contribution in [0.2, 0.25) is 5.02 Å². The summed E-state index contributed by atoms with van der Waals surface area (Å²) in [5.74, 6) is 1.21. The third-order valence-corrected chi connectivity index (χ3v) is 3.09. The van der Waals surface area contributed by atoms with Crippen molar-refractivity contribution in [3.05, 3.63) is 35.5 Å². The molecule has 0 atom stereocenters. The van der Waals surface area contributed by atoms with Gasteiger partial charge in [0, 0.05) is 12.6 Å². The minimum atomic E-state index is 0.320. The zero-order valence-corrected chi connectivity index (χ0v) is 10.8. The summed E-state index contributed by atoms with van der Waals surface area (Å²) in [4.78, 5) is 4.29. The van der Waals surface area contributed by atoms with Gasteiger partial charge in [-0.25, -0.2) is 0 Å². The molecule has 0 spiro atoms. The summed E-state index contributed by atoms with van der Waals surface area (Å²) < 4.78 is 6.74. The Morgan fingerprint density at radius 3 is 2.74 bits per heavy atom. The Morgan fingerprint density at radius 2 is 2.05 bits per heavy atom. The summed E-state index contributed by atoms with van der Waals surface area (Å²) in [6.07, 6.45) is 1.58. The number of benzene rings is 1. The second-order valence-electron chi connectivity index (χ2n) is 3.97. The highest BCUT2D eigenvalue weighted by atomic mass is 35.5. The highest BCUT2D eigenvalue weighted by molar-refractivity contribution is 6.33. The Hall–Kier alpha value is -2.34. The first-order chi connectivity index (χ1) is 9.16. The van der Waals surface area contributed by atoms with Crippen LogP contribution in [0.15, 0.2) is 35.0 Å². The molecule has 2 N–H and O–H groups in total. The molecule has 2 aromatic heterocycles. The molecule has 0 bridgehead atoms. The Bertz CT molecular complexity index is 733. The largest absolute Gasteiger partial charge is 0.383 e. The van der Waals surface area contributed by atoms with Gasteiger partial charge < -0.3 is 10.3 Å². The third-order valence-electron chi connectivity index (χ3n) is 2.76. The smallest absolute Gasteiger partial charge is 0.263 e. The van der Waals surface area contributed by atoms with E-state index >= 15 is 0 Å². The van der Waals surface area contributed by atoms with Crippen LogP contribution in [0.5, 0.6) is 0 Å². The van der Waals surface area contributed by atoms with Crippen LogP contribution >= 0.6 is 11.6 Å². The number of hydrogen-bond acceptors (Lipinski definition) is 5. The van der Waals surface area contributed by atoms with Crippen LogP contribution in [0.25, 0.3) is 22.8 Å². The van der Waals surface area contributed by atoms with E-state index in [0.717, 1.165) is 0 Å². The molecule has 6 nitrogen and oxygen atoms in total. The van der Waals surface area contributed by atoms with Crippen molar-refractivity contribution in [2.45, 2.75) is 0 Å². The number of aromatic nitrogens is 4. The van der Waals surface area contributed by atoms with E-state index in [1.807, 2.05) is 18.2 Å². The molecule has 0 radical (unpaired) electrons. The van der Waals surface area contributed by atoms with Gasteiger partial charge in [-0.2, -0.15) is 10.1 Å². The number of nitrogen functional groups attached to an aromatic ring is 1. The van der Waals surface area contributed by atoms with E-state index in [4.69, 9.17) is 21.9 Å². The molecule has 2 heterocycles. The highest BCUT2D eigenvalue weighted by Crippen LogP contribution is 2.29. The zero-order chi connectivity index (χ0) is 13.4. The maximum Gasteiger partial charge on any atom is 0.263 e. The first kappa shape index (κ1) is 11.7. The average Bonchev–Trinajstić information content (AvgIpc) is 2.99. The molecule has 0 aliphatic carbocycles.